The summed E-state index contributed by atoms with van der Waals surface area (Å²) in [5.74, 6) is -1.55. The van der Waals surface area contributed by atoms with Crippen LogP contribution in [0.5, 0.6) is 0 Å². The molecular weight excluding hydrogens is 225 g/mol. The number of hydrogen-bond donors (Lipinski definition) is 0. The quantitative estimate of drug-likeness (QED) is 0.725. The standard InChI is InChI=1S/C14H11F3/c15-14(16,17)13(11-7-3-1-4-8-11)12-9-5-2-6-10-12/h1-10,13H. The summed E-state index contributed by atoms with van der Waals surface area (Å²) in [4.78, 5) is 0. The van der Waals surface area contributed by atoms with E-state index in [1.54, 1.807) is 36.4 Å². The van der Waals surface area contributed by atoms with Gasteiger partial charge in [0.2, 0.25) is 0 Å². The highest BCUT2D eigenvalue weighted by Crippen LogP contribution is 2.39. The van der Waals surface area contributed by atoms with Crippen LogP contribution in [-0.4, -0.2) is 6.18 Å². The molecule has 0 saturated heterocycles. The van der Waals surface area contributed by atoms with Gasteiger partial charge in [-0.05, 0) is 11.1 Å². The Bertz CT molecular complexity index is 420. The lowest BCUT2D eigenvalue weighted by Gasteiger charge is -2.21. The van der Waals surface area contributed by atoms with Crippen LogP contribution in [0.4, 0.5) is 13.2 Å². The van der Waals surface area contributed by atoms with E-state index >= 15 is 0 Å². The van der Waals surface area contributed by atoms with E-state index in [4.69, 9.17) is 0 Å². The molecule has 17 heavy (non-hydrogen) atoms. The van der Waals surface area contributed by atoms with Crippen molar-refractivity contribution in [3.05, 3.63) is 71.8 Å². The van der Waals surface area contributed by atoms with Gasteiger partial charge in [0.1, 0.15) is 5.92 Å². The molecule has 0 heterocycles. The highest BCUT2D eigenvalue weighted by atomic mass is 19.4. The first-order valence-electron chi connectivity index (χ1n) is 5.25. The topological polar surface area (TPSA) is 0 Å². The molecule has 2 rings (SSSR count). The molecule has 0 aromatic heterocycles. The van der Waals surface area contributed by atoms with E-state index in [9.17, 15) is 13.2 Å². The van der Waals surface area contributed by atoms with Crippen molar-refractivity contribution in [2.24, 2.45) is 0 Å². The fraction of sp³-hybridized carbons (Fsp3) is 0.143. The molecule has 3 heteroatoms. The summed E-state index contributed by atoms with van der Waals surface area (Å²) in [5, 5.41) is 0. The van der Waals surface area contributed by atoms with Crippen LogP contribution in [0.3, 0.4) is 0 Å². The van der Waals surface area contributed by atoms with Crippen LogP contribution in [0, 0.1) is 0 Å². The molecule has 2 aromatic rings. The summed E-state index contributed by atoms with van der Waals surface area (Å²) < 4.78 is 39.3. The Labute approximate surface area is 97.7 Å². The lowest BCUT2D eigenvalue weighted by molar-refractivity contribution is -0.141. The van der Waals surface area contributed by atoms with Crippen LogP contribution in [0.25, 0.3) is 0 Å². The van der Waals surface area contributed by atoms with Crippen molar-refractivity contribution in [2.45, 2.75) is 12.1 Å². The highest BCUT2D eigenvalue weighted by molar-refractivity contribution is 5.33. The van der Waals surface area contributed by atoms with Gasteiger partial charge in [-0.1, -0.05) is 60.7 Å². The molecular formula is C14H11F3. The van der Waals surface area contributed by atoms with E-state index in [0.717, 1.165) is 0 Å². The maximum atomic E-state index is 13.1. The zero-order valence-corrected chi connectivity index (χ0v) is 8.98. The fourth-order valence-electron chi connectivity index (χ4n) is 1.86. The van der Waals surface area contributed by atoms with Crippen LogP contribution < -0.4 is 0 Å². The van der Waals surface area contributed by atoms with Gasteiger partial charge in [-0.3, -0.25) is 0 Å². The van der Waals surface area contributed by atoms with Crippen molar-refractivity contribution in [1.29, 1.82) is 0 Å². The largest absolute Gasteiger partial charge is 0.399 e. The normalized spacial score (nSPS) is 11.8. The molecule has 0 spiro atoms. The van der Waals surface area contributed by atoms with Gasteiger partial charge >= 0.3 is 6.18 Å². The second-order valence-corrected chi connectivity index (χ2v) is 3.80. The zero-order chi connectivity index (χ0) is 12.3. The summed E-state index contributed by atoms with van der Waals surface area (Å²) in [6.07, 6.45) is -4.28. The van der Waals surface area contributed by atoms with Crippen LogP contribution >= 0.6 is 0 Å². The molecule has 0 aliphatic carbocycles. The second kappa shape index (κ2) is 4.62. The summed E-state index contributed by atoms with van der Waals surface area (Å²) in [6.45, 7) is 0. The first kappa shape index (κ1) is 11.7. The smallest absolute Gasteiger partial charge is 0.170 e. The Kier molecular flexibility index (Phi) is 3.18. The SMILES string of the molecule is FC(F)(F)C(c1ccccc1)c1ccccc1. The summed E-state index contributed by atoms with van der Waals surface area (Å²) >= 11 is 0. The predicted octanol–water partition coefficient (Wildman–Crippen LogP) is 4.38. The Morgan fingerprint density at radius 1 is 0.647 bits per heavy atom. The Balaban J connectivity index is 2.48. The van der Waals surface area contributed by atoms with E-state index in [0.29, 0.717) is 0 Å². The minimum atomic E-state index is -4.28. The summed E-state index contributed by atoms with van der Waals surface area (Å²) in [5.41, 5.74) is 0.539. The number of halogens is 3. The van der Waals surface area contributed by atoms with Gasteiger partial charge in [-0.2, -0.15) is 13.2 Å². The van der Waals surface area contributed by atoms with Crippen molar-refractivity contribution >= 4 is 0 Å². The van der Waals surface area contributed by atoms with E-state index in [-0.39, 0.29) is 11.1 Å². The van der Waals surface area contributed by atoms with E-state index in [2.05, 4.69) is 0 Å². The third kappa shape index (κ3) is 2.67. The second-order valence-electron chi connectivity index (χ2n) is 3.80. The molecule has 0 nitrogen and oxygen atoms in total. The molecule has 0 amide bonds. The van der Waals surface area contributed by atoms with E-state index < -0.39 is 12.1 Å². The maximum Gasteiger partial charge on any atom is 0.399 e. The minimum absolute atomic E-state index is 0.270. The van der Waals surface area contributed by atoms with Gasteiger partial charge in [-0.25, -0.2) is 0 Å². The van der Waals surface area contributed by atoms with E-state index in [1.807, 2.05) is 0 Å². The Morgan fingerprint density at radius 3 is 1.29 bits per heavy atom. The third-order valence-corrected chi connectivity index (χ3v) is 2.59. The summed E-state index contributed by atoms with van der Waals surface area (Å²) in [7, 11) is 0. The third-order valence-electron chi connectivity index (χ3n) is 2.59. The first-order valence-corrected chi connectivity index (χ1v) is 5.25. The van der Waals surface area contributed by atoms with Gasteiger partial charge in [0.05, 0.1) is 0 Å². The van der Waals surface area contributed by atoms with Crippen LogP contribution in [0.1, 0.15) is 17.0 Å². The van der Waals surface area contributed by atoms with Crippen molar-refractivity contribution in [3.63, 3.8) is 0 Å². The van der Waals surface area contributed by atoms with Gasteiger partial charge in [0.25, 0.3) is 0 Å². The molecule has 0 N–H and O–H groups in total. The van der Waals surface area contributed by atoms with Crippen LogP contribution in [0.15, 0.2) is 60.7 Å². The van der Waals surface area contributed by atoms with Crippen molar-refractivity contribution < 1.29 is 13.2 Å². The molecule has 0 atom stereocenters. The van der Waals surface area contributed by atoms with Gasteiger partial charge in [0.15, 0.2) is 0 Å². The number of alkyl halides is 3. The maximum absolute atomic E-state index is 13.1. The lowest BCUT2D eigenvalue weighted by atomic mass is 9.91. The molecule has 0 unspecified atom stereocenters. The van der Waals surface area contributed by atoms with Gasteiger partial charge in [-0.15, -0.1) is 0 Å². The average molecular weight is 236 g/mol. The van der Waals surface area contributed by atoms with E-state index in [1.165, 1.54) is 24.3 Å². The zero-order valence-electron chi connectivity index (χ0n) is 8.98. The Hall–Kier alpha value is -1.77. The van der Waals surface area contributed by atoms with Crippen molar-refractivity contribution in [3.8, 4) is 0 Å². The van der Waals surface area contributed by atoms with Crippen molar-refractivity contribution in [2.75, 3.05) is 0 Å². The molecule has 2 aromatic carbocycles. The van der Waals surface area contributed by atoms with Crippen molar-refractivity contribution in [1.82, 2.24) is 0 Å². The molecule has 0 fully saturated rings. The predicted molar refractivity (Wildman–Crippen MR) is 60.8 cm³/mol. The van der Waals surface area contributed by atoms with Crippen LogP contribution in [-0.2, 0) is 0 Å². The monoisotopic (exact) mass is 236 g/mol. The fourth-order valence-corrected chi connectivity index (χ4v) is 1.86. The number of benzene rings is 2. The number of hydrogen-bond acceptors (Lipinski definition) is 0. The molecule has 0 saturated carbocycles. The average Bonchev–Trinajstić information content (AvgIpc) is 2.30. The lowest BCUT2D eigenvalue weighted by Crippen LogP contribution is -2.21. The van der Waals surface area contributed by atoms with Gasteiger partial charge in [0, 0.05) is 0 Å². The summed E-state index contributed by atoms with van der Waals surface area (Å²) in [6, 6.07) is 15.9. The number of rotatable bonds is 2. The van der Waals surface area contributed by atoms with Crippen LogP contribution in [0.2, 0.25) is 0 Å². The van der Waals surface area contributed by atoms with Gasteiger partial charge < -0.3 is 0 Å². The molecule has 0 bridgehead atoms. The highest BCUT2D eigenvalue weighted by Gasteiger charge is 2.41. The first-order chi connectivity index (χ1) is 8.09. The molecule has 0 aliphatic heterocycles. The molecule has 88 valence electrons. The molecule has 0 aliphatic rings. The Morgan fingerprint density at radius 2 is 1.00 bits per heavy atom. The minimum Gasteiger partial charge on any atom is -0.170 e. The molecule has 0 radical (unpaired) electrons.